The third-order valence-electron chi connectivity index (χ3n) is 8.02. The first-order chi connectivity index (χ1) is 18.9. The molecule has 2 fully saturated rings. The van der Waals surface area contributed by atoms with Crippen molar-refractivity contribution in [2.24, 2.45) is 11.8 Å². The van der Waals surface area contributed by atoms with Crippen LogP contribution in [-0.2, 0) is 0 Å². The highest BCUT2D eigenvalue weighted by Gasteiger charge is 2.27. The molecule has 1 aliphatic carbocycles. The first-order valence-corrected chi connectivity index (χ1v) is 14.1. The van der Waals surface area contributed by atoms with E-state index in [1.54, 1.807) is 29.1 Å². The largest absolute Gasteiger partial charge is 0.396 e. The number of hydrogen-bond acceptors (Lipinski definition) is 6. The van der Waals surface area contributed by atoms with Crippen LogP contribution in [0.15, 0.2) is 65.7 Å². The molecule has 0 radical (unpaired) electrons. The molecule has 0 spiro atoms. The molecule has 2 aliphatic rings. The highest BCUT2D eigenvalue weighted by atomic mass is 16.3. The number of nitrogens with one attached hydrogen (secondary N) is 2. The number of benzene rings is 2. The Labute approximate surface area is 230 Å². The normalized spacial score (nSPS) is 17.9. The van der Waals surface area contributed by atoms with Crippen LogP contribution < -0.4 is 16.2 Å². The highest BCUT2D eigenvalue weighted by molar-refractivity contribution is 5.95. The van der Waals surface area contributed by atoms with Gasteiger partial charge in [0.25, 0.3) is 11.5 Å². The number of anilines is 1. The number of carbonyl (C=O) groups is 1. The number of likely N-dealkylation sites (tertiary alicyclic amines) is 1. The summed E-state index contributed by atoms with van der Waals surface area (Å²) in [7, 11) is 0. The molecule has 2 atom stereocenters. The van der Waals surface area contributed by atoms with Crippen molar-refractivity contribution in [1.29, 1.82) is 0 Å². The van der Waals surface area contributed by atoms with E-state index in [0.717, 1.165) is 56.4 Å². The molecule has 8 heteroatoms. The number of aromatic nitrogens is 2. The van der Waals surface area contributed by atoms with Crippen molar-refractivity contribution in [2.75, 3.05) is 31.6 Å². The van der Waals surface area contributed by atoms with Crippen LogP contribution in [0.2, 0.25) is 0 Å². The van der Waals surface area contributed by atoms with E-state index in [0.29, 0.717) is 17.2 Å². The molecule has 5 rings (SSSR count). The summed E-state index contributed by atoms with van der Waals surface area (Å²) in [6, 6.07) is 15.8. The molecule has 2 aromatic carbocycles. The Morgan fingerprint density at radius 2 is 1.85 bits per heavy atom. The maximum absolute atomic E-state index is 13.7. The van der Waals surface area contributed by atoms with E-state index >= 15 is 0 Å². The average Bonchev–Trinajstić information content (AvgIpc) is 3.77. The van der Waals surface area contributed by atoms with Gasteiger partial charge in [-0.3, -0.25) is 14.2 Å². The second-order valence-electron chi connectivity index (χ2n) is 11.1. The van der Waals surface area contributed by atoms with Crippen molar-refractivity contribution in [3.05, 3.63) is 88.0 Å². The topological polar surface area (TPSA) is 99.5 Å². The summed E-state index contributed by atoms with van der Waals surface area (Å²) in [4.78, 5) is 33.3. The molecular formula is C31H39N5O3. The third-order valence-corrected chi connectivity index (χ3v) is 8.02. The van der Waals surface area contributed by atoms with E-state index in [4.69, 9.17) is 0 Å². The van der Waals surface area contributed by atoms with Crippen LogP contribution in [0.5, 0.6) is 0 Å². The fraction of sp³-hybridized carbons (Fsp3) is 0.452. The van der Waals surface area contributed by atoms with Gasteiger partial charge in [0, 0.05) is 37.2 Å². The summed E-state index contributed by atoms with van der Waals surface area (Å²) < 4.78 is 1.57. The minimum atomic E-state index is -0.253. The molecule has 1 aliphatic heterocycles. The fourth-order valence-electron chi connectivity index (χ4n) is 5.43. The fourth-order valence-corrected chi connectivity index (χ4v) is 5.43. The lowest BCUT2D eigenvalue weighted by Gasteiger charge is -2.35. The quantitative estimate of drug-likeness (QED) is 0.368. The van der Waals surface area contributed by atoms with Crippen molar-refractivity contribution in [1.82, 2.24) is 19.8 Å². The number of amides is 1. The highest BCUT2D eigenvalue weighted by Crippen LogP contribution is 2.28. The van der Waals surface area contributed by atoms with Crippen LogP contribution in [0, 0.1) is 18.8 Å². The second kappa shape index (κ2) is 12.1. The van der Waals surface area contributed by atoms with E-state index in [-0.39, 0.29) is 41.9 Å². The Kier molecular flexibility index (Phi) is 8.43. The summed E-state index contributed by atoms with van der Waals surface area (Å²) in [5.41, 5.74) is 2.96. The lowest BCUT2D eigenvalue weighted by Crippen LogP contribution is -2.40. The summed E-state index contributed by atoms with van der Waals surface area (Å²) in [5, 5.41) is 16.0. The van der Waals surface area contributed by atoms with Gasteiger partial charge in [-0.25, -0.2) is 4.98 Å². The maximum atomic E-state index is 13.7. The van der Waals surface area contributed by atoms with Crippen LogP contribution in [0.1, 0.15) is 60.1 Å². The first-order valence-electron chi connectivity index (χ1n) is 14.1. The average molecular weight is 530 g/mol. The van der Waals surface area contributed by atoms with E-state index in [1.807, 2.05) is 31.2 Å². The number of aliphatic hydroxyl groups is 1. The Balaban J connectivity index is 1.40. The molecule has 1 amide bonds. The van der Waals surface area contributed by atoms with E-state index in [9.17, 15) is 14.7 Å². The monoisotopic (exact) mass is 529 g/mol. The molecule has 0 unspecified atom stereocenters. The van der Waals surface area contributed by atoms with E-state index < -0.39 is 0 Å². The van der Waals surface area contributed by atoms with Crippen molar-refractivity contribution in [3.63, 3.8) is 0 Å². The number of rotatable bonds is 10. The van der Waals surface area contributed by atoms with Crippen molar-refractivity contribution >= 4 is 11.7 Å². The van der Waals surface area contributed by atoms with Crippen LogP contribution in [0.4, 0.5) is 5.82 Å². The number of piperidine rings is 1. The minimum Gasteiger partial charge on any atom is -0.396 e. The van der Waals surface area contributed by atoms with Crippen LogP contribution in [0.3, 0.4) is 0 Å². The summed E-state index contributed by atoms with van der Waals surface area (Å²) >= 11 is 0. The zero-order valence-corrected chi connectivity index (χ0v) is 22.8. The van der Waals surface area contributed by atoms with Crippen molar-refractivity contribution in [2.45, 2.75) is 51.6 Å². The lowest BCUT2D eigenvalue weighted by atomic mass is 9.92. The predicted octanol–water partition coefficient (Wildman–Crippen LogP) is 3.93. The molecule has 8 nitrogen and oxygen atoms in total. The Morgan fingerprint density at radius 1 is 1.10 bits per heavy atom. The van der Waals surface area contributed by atoms with Gasteiger partial charge in [0.2, 0.25) is 0 Å². The molecule has 1 aromatic heterocycles. The molecular weight excluding hydrogens is 490 g/mol. The van der Waals surface area contributed by atoms with Gasteiger partial charge in [-0.2, -0.15) is 0 Å². The van der Waals surface area contributed by atoms with Gasteiger partial charge in [-0.05, 0) is 80.8 Å². The van der Waals surface area contributed by atoms with Crippen LogP contribution >= 0.6 is 0 Å². The summed E-state index contributed by atoms with van der Waals surface area (Å²) in [5.74, 6) is 0.766. The van der Waals surface area contributed by atoms with E-state index in [2.05, 4.69) is 39.6 Å². The van der Waals surface area contributed by atoms with Gasteiger partial charge < -0.3 is 20.6 Å². The Hall–Kier alpha value is -3.49. The van der Waals surface area contributed by atoms with Crippen molar-refractivity contribution in [3.8, 4) is 5.69 Å². The molecule has 3 aromatic rings. The zero-order valence-electron chi connectivity index (χ0n) is 22.8. The maximum Gasteiger partial charge on any atom is 0.297 e. The van der Waals surface area contributed by atoms with Gasteiger partial charge in [0.05, 0.1) is 11.7 Å². The van der Waals surface area contributed by atoms with Crippen molar-refractivity contribution < 1.29 is 9.90 Å². The van der Waals surface area contributed by atoms with Gasteiger partial charge in [-0.15, -0.1) is 0 Å². The lowest BCUT2D eigenvalue weighted by molar-refractivity contribution is 0.0951. The van der Waals surface area contributed by atoms with Gasteiger partial charge in [0.1, 0.15) is 0 Å². The minimum absolute atomic E-state index is 0.111. The molecule has 3 N–H and O–H groups in total. The molecule has 39 heavy (non-hydrogen) atoms. The number of nitrogens with zero attached hydrogens (tertiary/aromatic N) is 3. The summed E-state index contributed by atoms with van der Waals surface area (Å²) in [6.45, 7) is 7.22. The molecule has 206 valence electrons. The zero-order chi connectivity index (χ0) is 27.4. The summed E-state index contributed by atoms with van der Waals surface area (Å²) in [6.07, 6.45) is 7.34. The second-order valence-corrected chi connectivity index (χ2v) is 11.1. The van der Waals surface area contributed by atoms with Gasteiger partial charge >= 0.3 is 0 Å². The SMILES string of the molecule is Cc1ccc(C(=O)NC2CC2)cc1-n1ccnc(N[C@@H](c2ccccc2)[C@@H](C)CN2CCC(CO)CC2)c1=O. The Morgan fingerprint density at radius 3 is 2.54 bits per heavy atom. The van der Waals surface area contributed by atoms with Gasteiger partial charge in [0.15, 0.2) is 5.82 Å². The van der Waals surface area contributed by atoms with Crippen LogP contribution in [-0.4, -0.2) is 57.7 Å². The number of carbonyl (C=O) groups excluding carboxylic acids is 1. The van der Waals surface area contributed by atoms with Gasteiger partial charge in [-0.1, -0.05) is 43.3 Å². The Bertz CT molecular complexity index is 1330. The smallest absolute Gasteiger partial charge is 0.297 e. The molecule has 1 saturated carbocycles. The molecule has 1 saturated heterocycles. The number of aryl methyl sites for hydroxylation is 1. The van der Waals surface area contributed by atoms with Crippen LogP contribution in [0.25, 0.3) is 5.69 Å². The van der Waals surface area contributed by atoms with E-state index in [1.165, 1.54) is 0 Å². The predicted molar refractivity (Wildman–Crippen MR) is 153 cm³/mol. The molecule has 2 heterocycles. The standard InChI is InChI=1S/C31H39N5O3/c1-21-8-9-25(30(38)33-26-10-11-26)18-27(21)36-17-14-32-29(31(36)39)34-28(24-6-4-3-5-7-24)22(2)19-35-15-12-23(20-37)13-16-35/h3-9,14,17-18,22-23,26,28,37H,10-13,15-16,19-20H2,1-2H3,(H,32,34)(H,33,38)/t22-,28+/m0/s1. The molecule has 0 bridgehead atoms. The third kappa shape index (κ3) is 6.57. The number of aliphatic hydroxyl groups excluding tert-OH is 1. The first kappa shape index (κ1) is 27.1. The number of hydrogen-bond donors (Lipinski definition) is 3.